The van der Waals surface area contributed by atoms with Crippen molar-refractivity contribution in [1.82, 2.24) is 10.2 Å². The lowest BCUT2D eigenvalue weighted by molar-refractivity contribution is -0.384. The maximum absolute atomic E-state index is 12.8. The van der Waals surface area contributed by atoms with Crippen LogP contribution in [0.4, 0.5) is 5.69 Å². The Hall–Kier alpha value is -2.87. The number of likely N-dealkylation sites (N-methyl/N-ethyl adjacent to an activating group) is 1. The number of hydrogen-bond acceptors (Lipinski definition) is 5. The second kappa shape index (κ2) is 10.6. The number of amides is 2. The van der Waals surface area contributed by atoms with Crippen molar-refractivity contribution < 1.29 is 14.5 Å². The van der Waals surface area contributed by atoms with Gasteiger partial charge in [0.2, 0.25) is 11.8 Å². The zero-order valence-electron chi connectivity index (χ0n) is 16.8. The van der Waals surface area contributed by atoms with Gasteiger partial charge in [-0.3, -0.25) is 19.7 Å². The molecular weight excluding hydrogens is 390 g/mol. The van der Waals surface area contributed by atoms with Crippen LogP contribution in [0.25, 0.3) is 0 Å². The summed E-state index contributed by atoms with van der Waals surface area (Å²) in [7, 11) is 1.55. The molecule has 2 amide bonds. The molecule has 2 rings (SSSR count). The fraction of sp³-hybridized carbons (Fsp3) is 0.333. The third-order valence-corrected chi connectivity index (χ3v) is 5.52. The average Bonchev–Trinajstić information content (AvgIpc) is 2.72. The van der Waals surface area contributed by atoms with Crippen molar-refractivity contribution in [1.29, 1.82) is 0 Å². The molecule has 0 unspecified atom stereocenters. The van der Waals surface area contributed by atoms with E-state index < -0.39 is 11.0 Å². The van der Waals surface area contributed by atoms with Gasteiger partial charge in [-0.05, 0) is 25.0 Å². The first kappa shape index (κ1) is 22.4. The summed E-state index contributed by atoms with van der Waals surface area (Å²) in [6.07, 6.45) is 0. The number of aryl methyl sites for hydroxylation is 1. The van der Waals surface area contributed by atoms with Crippen molar-refractivity contribution >= 4 is 29.3 Å². The lowest BCUT2D eigenvalue weighted by Gasteiger charge is -2.28. The Morgan fingerprint density at radius 3 is 2.24 bits per heavy atom. The number of thioether (sulfide) groups is 1. The summed E-state index contributed by atoms with van der Waals surface area (Å²) < 4.78 is 0. The van der Waals surface area contributed by atoms with Gasteiger partial charge >= 0.3 is 0 Å². The number of rotatable bonds is 9. The van der Waals surface area contributed by atoms with Gasteiger partial charge in [-0.15, -0.1) is 11.8 Å². The molecule has 1 N–H and O–H groups in total. The monoisotopic (exact) mass is 415 g/mol. The highest BCUT2D eigenvalue weighted by Gasteiger charge is 2.25. The highest BCUT2D eigenvalue weighted by atomic mass is 32.2. The summed E-state index contributed by atoms with van der Waals surface area (Å²) >= 11 is 1.41. The van der Waals surface area contributed by atoms with Gasteiger partial charge in [0, 0.05) is 31.5 Å². The van der Waals surface area contributed by atoms with Gasteiger partial charge in [-0.1, -0.05) is 42.0 Å². The molecule has 0 heterocycles. The number of carbonyl (C=O) groups excluding carboxylic acids is 2. The van der Waals surface area contributed by atoms with Crippen molar-refractivity contribution in [3.8, 4) is 0 Å². The van der Waals surface area contributed by atoms with Gasteiger partial charge in [-0.2, -0.15) is 0 Å². The molecule has 1 atom stereocenters. The lowest BCUT2D eigenvalue weighted by Crippen LogP contribution is -2.47. The van der Waals surface area contributed by atoms with E-state index in [1.807, 2.05) is 31.2 Å². The standard InChI is InChI=1S/C21H25N3O4S/c1-15-4-6-17(7-5-15)12-23(16(2)21(26)22-3)20(25)14-29-13-18-8-10-19(11-9-18)24(27)28/h4-11,16H,12-14H2,1-3H3,(H,22,26)/t16-/m0/s1. The minimum Gasteiger partial charge on any atom is -0.357 e. The Kier molecular flexibility index (Phi) is 8.21. The van der Waals surface area contributed by atoms with Crippen LogP contribution in [-0.2, 0) is 21.9 Å². The molecule has 0 saturated heterocycles. The van der Waals surface area contributed by atoms with E-state index in [4.69, 9.17) is 0 Å². The molecule has 0 spiro atoms. The lowest BCUT2D eigenvalue weighted by atomic mass is 10.1. The maximum atomic E-state index is 12.8. The van der Waals surface area contributed by atoms with E-state index in [1.165, 1.54) is 23.9 Å². The number of hydrogen-bond donors (Lipinski definition) is 1. The smallest absolute Gasteiger partial charge is 0.269 e. The van der Waals surface area contributed by atoms with Crippen LogP contribution < -0.4 is 5.32 Å². The van der Waals surface area contributed by atoms with Gasteiger partial charge in [0.1, 0.15) is 6.04 Å². The van der Waals surface area contributed by atoms with Crippen LogP contribution in [0.3, 0.4) is 0 Å². The first-order valence-electron chi connectivity index (χ1n) is 9.19. The van der Waals surface area contributed by atoms with Crippen molar-refractivity contribution in [3.63, 3.8) is 0 Å². The highest BCUT2D eigenvalue weighted by Crippen LogP contribution is 2.18. The molecular formula is C21H25N3O4S. The Morgan fingerprint density at radius 2 is 1.69 bits per heavy atom. The van der Waals surface area contributed by atoms with E-state index in [1.54, 1.807) is 31.0 Å². The first-order valence-corrected chi connectivity index (χ1v) is 10.3. The summed E-state index contributed by atoms with van der Waals surface area (Å²) in [5.41, 5.74) is 3.03. The second-order valence-electron chi connectivity index (χ2n) is 6.71. The molecule has 154 valence electrons. The Bertz CT molecular complexity index is 853. The molecule has 8 heteroatoms. The molecule has 2 aromatic rings. The molecule has 0 aliphatic carbocycles. The summed E-state index contributed by atoms with van der Waals surface area (Å²) in [6.45, 7) is 4.06. The quantitative estimate of drug-likeness (QED) is 0.501. The molecule has 0 aliphatic rings. The fourth-order valence-electron chi connectivity index (χ4n) is 2.73. The number of nitro benzene ring substituents is 1. The highest BCUT2D eigenvalue weighted by molar-refractivity contribution is 7.99. The summed E-state index contributed by atoms with van der Waals surface area (Å²) in [4.78, 5) is 36.8. The van der Waals surface area contributed by atoms with Crippen LogP contribution in [0.1, 0.15) is 23.6 Å². The average molecular weight is 416 g/mol. The number of nitrogens with zero attached hydrogens (tertiary/aromatic N) is 2. The topological polar surface area (TPSA) is 92.6 Å². The third kappa shape index (κ3) is 6.60. The molecule has 7 nitrogen and oxygen atoms in total. The molecule has 0 aliphatic heterocycles. The van der Waals surface area contributed by atoms with Crippen molar-refractivity contribution in [2.75, 3.05) is 12.8 Å². The van der Waals surface area contributed by atoms with Crippen molar-refractivity contribution in [3.05, 3.63) is 75.3 Å². The SMILES string of the molecule is CNC(=O)[C@H](C)N(Cc1ccc(C)cc1)C(=O)CSCc1ccc([N+](=O)[O-])cc1. The Morgan fingerprint density at radius 1 is 1.10 bits per heavy atom. The molecule has 0 bridgehead atoms. The molecule has 0 radical (unpaired) electrons. The van der Waals surface area contributed by atoms with Crippen LogP contribution in [0, 0.1) is 17.0 Å². The predicted molar refractivity (Wildman–Crippen MR) is 115 cm³/mol. The summed E-state index contributed by atoms with van der Waals surface area (Å²) in [5.74, 6) is 0.417. The van der Waals surface area contributed by atoms with E-state index >= 15 is 0 Å². The number of nitro groups is 1. The molecule has 0 fully saturated rings. The first-order chi connectivity index (χ1) is 13.8. The van der Waals surface area contributed by atoms with Gasteiger partial charge in [-0.25, -0.2) is 0 Å². The fourth-order valence-corrected chi connectivity index (χ4v) is 3.61. The zero-order valence-corrected chi connectivity index (χ0v) is 17.6. The van der Waals surface area contributed by atoms with Gasteiger partial charge in [0.25, 0.3) is 5.69 Å². The summed E-state index contributed by atoms with van der Waals surface area (Å²) in [5, 5.41) is 13.3. The normalized spacial score (nSPS) is 11.6. The molecule has 0 saturated carbocycles. The van der Waals surface area contributed by atoms with Crippen LogP contribution in [0.15, 0.2) is 48.5 Å². The molecule has 2 aromatic carbocycles. The van der Waals surface area contributed by atoms with E-state index in [2.05, 4.69) is 5.32 Å². The van der Waals surface area contributed by atoms with E-state index in [-0.39, 0.29) is 23.3 Å². The number of nitrogens with one attached hydrogen (secondary N) is 1. The minimum atomic E-state index is -0.589. The summed E-state index contributed by atoms with van der Waals surface area (Å²) in [6, 6.07) is 13.6. The number of benzene rings is 2. The third-order valence-electron chi connectivity index (χ3n) is 4.53. The Balaban J connectivity index is 2.01. The van der Waals surface area contributed by atoms with Crippen molar-refractivity contribution in [2.45, 2.75) is 32.2 Å². The largest absolute Gasteiger partial charge is 0.357 e. The Labute approximate surface area is 174 Å². The maximum Gasteiger partial charge on any atom is 0.269 e. The van der Waals surface area contributed by atoms with Crippen LogP contribution in [0.2, 0.25) is 0 Å². The molecule has 29 heavy (non-hydrogen) atoms. The van der Waals surface area contributed by atoms with E-state index in [9.17, 15) is 19.7 Å². The van der Waals surface area contributed by atoms with Crippen LogP contribution in [0.5, 0.6) is 0 Å². The predicted octanol–water partition coefficient (Wildman–Crippen LogP) is 3.30. The number of non-ortho nitro benzene ring substituents is 1. The zero-order chi connectivity index (χ0) is 21.4. The van der Waals surface area contributed by atoms with Gasteiger partial charge in [0.15, 0.2) is 0 Å². The molecule has 0 aromatic heterocycles. The number of carbonyl (C=O) groups is 2. The van der Waals surface area contributed by atoms with E-state index in [0.29, 0.717) is 12.3 Å². The van der Waals surface area contributed by atoms with Crippen molar-refractivity contribution in [2.24, 2.45) is 0 Å². The second-order valence-corrected chi connectivity index (χ2v) is 7.70. The van der Waals surface area contributed by atoms with Crippen LogP contribution in [-0.4, -0.2) is 40.5 Å². The van der Waals surface area contributed by atoms with Gasteiger partial charge in [0.05, 0.1) is 10.7 Å². The van der Waals surface area contributed by atoms with E-state index in [0.717, 1.165) is 16.7 Å². The van der Waals surface area contributed by atoms with Gasteiger partial charge < -0.3 is 10.2 Å². The van der Waals surface area contributed by atoms with Crippen LogP contribution >= 0.6 is 11.8 Å². The minimum absolute atomic E-state index is 0.0403.